The van der Waals surface area contributed by atoms with Crippen LogP contribution in [0.2, 0.25) is 0 Å². The first kappa shape index (κ1) is 12.8. The largest absolute Gasteiger partial charge is 0.358 e. The number of hydrogen-bond donors (Lipinski definition) is 0. The van der Waals surface area contributed by atoms with Crippen molar-refractivity contribution in [2.45, 2.75) is 32.4 Å². The quantitative estimate of drug-likeness (QED) is 0.769. The first-order valence-electron chi connectivity index (χ1n) is 5.88. The molecular weight excluding hydrogens is 250 g/mol. The van der Waals surface area contributed by atoms with Crippen molar-refractivity contribution in [1.82, 2.24) is 14.9 Å². The molecule has 0 bridgehead atoms. The third-order valence-corrected chi connectivity index (χ3v) is 4.24. The van der Waals surface area contributed by atoms with Crippen molar-refractivity contribution >= 4 is 28.3 Å². The highest BCUT2D eigenvalue weighted by Crippen LogP contribution is 2.19. The van der Waals surface area contributed by atoms with Crippen LogP contribution in [-0.4, -0.2) is 32.3 Å². The van der Waals surface area contributed by atoms with Gasteiger partial charge in [-0.15, -0.1) is 0 Å². The van der Waals surface area contributed by atoms with E-state index in [1.807, 2.05) is 19.9 Å². The van der Waals surface area contributed by atoms with E-state index in [0.29, 0.717) is 0 Å². The summed E-state index contributed by atoms with van der Waals surface area (Å²) in [6.45, 7) is 6.22. The Hall–Kier alpha value is -0.680. The van der Waals surface area contributed by atoms with Gasteiger partial charge >= 0.3 is 0 Å². The van der Waals surface area contributed by atoms with Crippen LogP contribution >= 0.6 is 24.0 Å². The monoisotopic (exact) mass is 267 g/mol. The Kier molecular flexibility index (Phi) is 4.34. The lowest BCUT2D eigenvalue weighted by atomic mass is 10.3. The van der Waals surface area contributed by atoms with E-state index in [2.05, 4.69) is 14.9 Å². The smallest absolute Gasteiger partial charge is 0.139 e. The summed E-state index contributed by atoms with van der Waals surface area (Å²) in [5.74, 6) is 1.66. The van der Waals surface area contributed by atoms with Gasteiger partial charge in [0.25, 0.3) is 0 Å². The Morgan fingerprint density at radius 3 is 2.47 bits per heavy atom. The summed E-state index contributed by atoms with van der Waals surface area (Å²) in [4.78, 5) is 11.1. The second-order valence-electron chi connectivity index (χ2n) is 4.32. The summed E-state index contributed by atoms with van der Waals surface area (Å²) in [5.41, 5.74) is 2.06. The Labute approximate surface area is 112 Å². The average molecular weight is 267 g/mol. The van der Waals surface area contributed by atoms with E-state index in [0.717, 1.165) is 40.4 Å². The summed E-state index contributed by atoms with van der Waals surface area (Å²) in [7, 11) is 0. The zero-order valence-corrected chi connectivity index (χ0v) is 11.9. The van der Waals surface area contributed by atoms with Gasteiger partial charge in [-0.3, -0.25) is 0 Å². The van der Waals surface area contributed by atoms with Crippen LogP contribution in [0.1, 0.15) is 30.1 Å². The summed E-state index contributed by atoms with van der Waals surface area (Å²) in [6, 6.07) is 1.99. The molecule has 0 atom stereocenters. The molecule has 2 rings (SSSR count). The van der Waals surface area contributed by atoms with E-state index < -0.39 is 0 Å². The van der Waals surface area contributed by atoms with Gasteiger partial charge in [-0.05, 0) is 32.8 Å². The van der Waals surface area contributed by atoms with Gasteiger partial charge in [0, 0.05) is 24.5 Å². The lowest BCUT2D eigenvalue weighted by Gasteiger charge is -2.17. The molecule has 0 radical (unpaired) electrons. The molecular formula is C12H17N3S2. The van der Waals surface area contributed by atoms with E-state index >= 15 is 0 Å². The van der Waals surface area contributed by atoms with Crippen LogP contribution in [-0.2, 0) is 5.75 Å². The van der Waals surface area contributed by atoms with Crippen molar-refractivity contribution in [2.24, 2.45) is 0 Å². The molecule has 0 unspecified atom stereocenters. The van der Waals surface area contributed by atoms with Crippen molar-refractivity contribution in [3.8, 4) is 0 Å². The number of thiocarbonyl (C=S) groups is 1. The molecule has 1 aromatic heterocycles. The highest BCUT2D eigenvalue weighted by Gasteiger charge is 2.15. The number of hydrogen-bond acceptors (Lipinski definition) is 4. The third kappa shape index (κ3) is 3.64. The minimum Gasteiger partial charge on any atom is -0.358 e. The predicted octanol–water partition coefficient (Wildman–Crippen LogP) is 2.71. The summed E-state index contributed by atoms with van der Waals surface area (Å²) in [5, 5.41) is 0. The number of aryl methyl sites for hydroxylation is 2. The van der Waals surface area contributed by atoms with E-state index in [-0.39, 0.29) is 0 Å². The molecule has 1 aliphatic heterocycles. The molecule has 0 spiro atoms. The fraction of sp³-hybridized carbons (Fsp3) is 0.583. The predicted molar refractivity (Wildman–Crippen MR) is 76.2 cm³/mol. The first-order chi connectivity index (χ1) is 8.15. The molecule has 1 saturated heterocycles. The van der Waals surface area contributed by atoms with E-state index in [9.17, 15) is 0 Å². The standard InChI is InChI=1S/C12H17N3S2/c1-9-7-10(2)14-11(13-9)8-17-12(16)15-5-3-4-6-15/h7H,3-6,8H2,1-2H3. The topological polar surface area (TPSA) is 29.0 Å². The molecule has 1 aromatic rings. The molecule has 0 aliphatic carbocycles. The van der Waals surface area contributed by atoms with Crippen molar-refractivity contribution in [2.75, 3.05) is 13.1 Å². The highest BCUT2D eigenvalue weighted by molar-refractivity contribution is 8.22. The van der Waals surface area contributed by atoms with Crippen LogP contribution in [0, 0.1) is 13.8 Å². The fourth-order valence-corrected chi connectivity index (χ4v) is 3.09. The molecule has 1 aliphatic rings. The van der Waals surface area contributed by atoms with Gasteiger partial charge < -0.3 is 4.90 Å². The van der Waals surface area contributed by atoms with Gasteiger partial charge in [-0.2, -0.15) is 0 Å². The highest BCUT2D eigenvalue weighted by atomic mass is 32.2. The molecule has 2 heterocycles. The Morgan fingerprint density at radius 2 is 1.88 bits per heavy atom. The SMILES string of the molecule is Cc1cc(C)nc(CSC(=S)N2CCCC2)n1. The maximum absolute atomic E-state index is 5.41. The van der Waals surface area contributed by atoms with Crippen molar-refractivity contribution in [3.05, 3.63) is 23.3 Å². The normalized spacial score (nSPS) is 15.3. The van der Waals surface area contributed by atoms with Crippen molar-refractivity contribution < 1.29 is 0 Å². The van der Waals surface area contributed by atoms with Crippen LogP contribution in [0.4, 0.5) is 0 Å². The molecule has 3 nitrogen and oxygen atoms in total. The van der Waals surface area contributed by atoms with Gasteiger partial charge in [0.1, 0.15) is 10.1 Å². The molecule has 5 heteroatoms. The van der Waals surface area contributed by atoms with Crippen LogP contribution in [0.5, 0.6) is 0 Å². The lowest BCUT2D eigenvalue weighted by molar-refractivity contribution is 0.539. The number of rotatable bonds is 2. The summed E-state index contributed by atoms with van der Waals surface area (Å²) >= 11 is 7.09. The zero-order chi connectivity index (χ0) is 12.3. The third-order valence-electron chi connectivity index (χ3n) is 2.72. The van der Waals surface area contributed by atoms with Gasteiger partial charge in [0.05, 0.1) is 5.75 Å². The average Bonchev–Trinajstić information content (AvgIpc) is 2.78. The first-order valence-corrected chi connectivity index (χ1v) is 7.27. The number of likely N-dealkylation sites (tertiary alicyclic amines) is 1. The van der Waals surface area contributed by atoms with Crippen LogP contribution in [0.3, 0.4) is 0 Å². The Morgan fingerprint density at radius 1 is 1.29 bits per heavy atom. The molecule has 0 saturated carbocycles. The lowest BCUT2D eigenvalue weighted by Crippen LogP contribution is -2.23. The van der Waals surface area contributed by atoms with Gasteiger partial charge in [0.15, 0.2) is 0 Å². The second kappa shape index (κ2) is 5.78. The number of nitrogens with zero attached hydrogens (tertiary/aromatic N) is 3. The second-order valence-corrected chi connectivity index (χ2v) is 5.92. The fourth-order valence-electron chi connectivity index (χ4n) is 1.98. The maximum atomic E-state index is 5.41. The van der Waals surface area contributed by atoms with Crippen LogP contribution < -0.4 is 0 Å². The van der Waals surface area contributed by atoms with E-state index in [1.165, 1.54) is 12.8 Å². The van der Waals surface area contributed by atoms with Crippen LogP contribution in [0.25, 0.3) is 0 Å². The Balaban J connectivity index is 1.90. The minimum absolute atomic E-state index is 0.776. The van der Waals surface area contributed by atoms with Crippen molar-refractivity contribution in [3.63, 3.8) is 0 Å². The van der Waals surface area contributed by atoms with Gasteiger partial charge in [-0.25, -0.2) is 9.97 Å². The molecule has 17 heavy (non-hydrogen) atoms. The number of thioether (sulfide) groups is 1. The summed E-state index contributed by atoms with van der Waals surface area (Å²) < 4.78 is 0.991. The molecule has 1 fully saturated rings. The van der Waals surface area contributed by atoms with Crippen molar-refractivity contribution in [1.29, 1.82) is 0 Å². The van der Waals surface area contributed by atoms with Crippen LogP contribution in [0.15, 0.2) is 6.07 Å². The molecule has 0 N–H and O–H groups in total. The van der Waals surface area contributed by atoms with Gasteiger partial charge in [0.2, 0.25) is 0 Å². The van der Waals surface area contributed by atoms with E-state index in [1.54, 1.807) is 11.8 Å². The molecule has 0 aromatic carbocycles. The maximum Gasteiger partial charge on any atom is 0.139 e. The Bertz CT molecular complexity index is 394. The molecule has 0 amide bonds. The minimum atomic E-state index is 0.776. The summed E-state index contributed by atoms with van der Waals surface area (Å²) in [6.07, 6.45) is 2.53. The van der Waals surface area contributed by atoms with Gasteiger partial charge in [-0.1, -0.05) is 24.0 Å². The molecule has 92 valence electrons. The number of aromatic nitrogens is 2. The van der Waals surface area contributed by atoms with E-state index in [4.69, 9.17) is 12.2 Å². The zero-order valence-electron chi connectivity index (χ0n) is 10.3.